The van der Waals surface area contributed by atoms with Gasteiger partial charge in [-0.1, -0.05) is 26.2 Å². The van der Waals surface area contributed by atoms with Gasteiger partial charge in [-0.2, -0.15) is 0 Å². The second kappa shape index (κ2) is 4.60. The van der Waals surface area contributed by atoms with Crippen LogP contribution in [-0.2, 0) is 14.3 Å². The van der Waals surface area contributed by atoms with Crippen molar-refractivity contribution in [2.45, 2.75) is 70.2 Å². The minimum atomic E-state index is 0.0562. The van der Waals surface area contributed by atoms with E-state index in [4.69, 9.17) is 9.47 Å². The molecule has 3 nitrogen and oxygen atoms in total. The number of rotatable bonds is 2. The van der Waals surface area contributed by atoms with Crippen LogP contribution in [0, 0.1) is 11.8 Å². The van der Waals surface area contributed by atoms with Gasteiger partial charge in [0, 0.05) is 5.92 Å². The molecule has 1 aliphatic heterocycles. The first-order valence-electron chi connectivity index (χ1n) is 7.11. The van der Waals surface area contributed by atoms with Crippen molar-refractivity contribution in [1.29, 1.82) is 0 Å². The Morgan fingerprint density at radius 1 is 1.12 bits per heavy atom. The maximum atomic E-state index is 12.1. The Bertz CT molecular complexity index is 296. The summed E-state index contributed by atoms with van der Waals surface area (Å²) in [5.41, 5.74) is 0. The van der Waals surface area contributed by atoms with Crippen molar-refractivity contribution in [2.24, 2.45) is 11.8 Å². The molecule has 3 heteroatoms. The van der Waals surface area contributed by atoms with Crippen molar-refractivity contribution in [3.05, 3.63) is 0 Å². The van der Waals surface area contributed by atoms with Crippen LogP contribution >= 0.6 is 0 Å². The van der Waals surface area contributed by atoms with Gasteiger partial charge in [0.25, 0.3) is 0 Å². The van der Waals surface area contributed by atoms with Crippen molar-refractivity contribution in [3.63, 3.8) is 0 Å². The van der Waals surface area contributed by atoms with Crippen molar-refractivity contribution >= 4 is 5.97 Å². The monoisotopic (exact) mass is 238 g/mol. The molecule has 0 aromatic rings. The summed E-state index contributed by atoms with van der Waals surface area (Å²) in [5, 5.41) is 0. The summed E-state index contributed by atoms with van der Waals surface area (Å²) in [7, 11) is 0. The van der Waals surface area contributed by atoms with E-state index in [9.17, 15) is 4.79 Å². The second-order valence-corrected chi connectivity index (χ2v) is 5.89. The zero-order valence-corrected chi connectivity index (χ0v) is 10.6. The van der Waals surface area contributed by atoms with Crippen LogP contribution in [0.15, 0.2) is 0 Å². The summed E-state index contributed by atoms with van der Waals surface area (Å²) >= 11 is 0. The molecular weight excluding hydrogens is 216 g/mol. The van der Waals surface area contributed by atoms with Crippen LogP contribution in [0.2, 0.25) is 0 Å². The van der Waals surface area contributed by atoms with Gasteiger partial charge in [-0.05, 0) is 25.7 Å². The Hall–Kier alpha value is -0.570. The Morgan fingerprint density at radius 3 is 2.65 bits per heavy atom. The maximum Gasteiger partial charge on any atom is 0.309 e. The highest BCUT2D eigenvalue weighted by Crippen LogP contribution is 2.42. The Kier molecular flexibility index (Phi) is 3.12. The first-order valence-corrected chi connectivity index (χ1v) is 7.11. The fraction of sp³-hybridized carbons (Fsp3) is 0.929. The molecule has 3 rings (SSSR count). The third-order valence-electron chi connectivity index (χ3n) is 4.67. The largest absolute Gasteiger partial charge is 0.462 e. The molecule has 0 N–H and O–H groups in total. The van der Waals surface area contributed by atoms with Crippen LogP contribution in [-0.4, -0.2) is 24.3 Å². The van der Waals surface area contributed by atoms with Gasteiger partial charge in [0.15, 0.2) is 0 Å². The van der Waals surface area contributed by atoms with E-state index in [1.807, 2.05) is 0 Å². The molecule has 2 saturated carbocycles. The quantitative estimate of drug-likeness (QED) is 0.548. The average molecular weight is 238 g/mol. The van der Waals surface area contributed by atoms with Gasteiger partial charge in [-0.3, -0.25) is 4.79 Å². The lowest BCUT2D eigenvalue weighted by atomic mass is 9.87. The third kappa shape index (κ3) is 2.35. The minimum absolute atomic E-state index is 0.0562. The van der Waals surface area contributed by atoms with Gasteiger partial charge in [0.1, 0.15) is 6.10 Å². The van der Waals surface area contributed by atoms with Crippen molar-refractivity contribution < 1.29 is 14.3 Å². The predicted molar refractivity (Wildman–Crippen MR) is 63.5 cm³/mol. The van der Waals surface area contributed by atoms with Crippen LogP contribution in [0.1, 0.15) is 51.9 Å². The highest BCUT2D eigenvalue weighted by molar-refractivity contribution is 5.72. The standard InChI is InChI=1S/C14H22O3/c1-9-11(7-8-12-13(9)16-12)17-14(15)10-5-3-2-4-6-10/h9-13H,2-8H2,1H3. The topological polar surface area (TPSA) is 38.8 Å². The first-order chi connectivity index (χ1) is 8.25. The van der Waals surface area contributed by atoms with E-state index in [1.54, 1.807) is 0 Å². The Balaban J connectivity index is 1.53. The van der Waals surface area contributed by atoms with Crippen molar-refractivity contribution in [1.82, 2.24) is 0 Å². The van der Waals surface area contributed by atoms with E-state index in [0.29, 0.717) is 18.1 Å². The van der Waals surface area contributed by atoms with E-state index in [-0.39, 0.29) is 18.0 Å². The molecule has 4 atom stereocenters. The van der Waals surface area contributed by atoms with Gasteiger partial charge in [-0.15, -0.1) is 0 Å². The zero-order valence-electron chi connectivity index (χ0n) is 10.6. The molecule has 0 aromatic heterocycles. The number of hydrogen-bond donors (Lipinski definition) is 0. The van der Waals surface area contributed by atoms with E-state index >= 15 is 0 Å². The number of hydrogen-bond acceptors (Lipinski definition) is 3. The summed E-state index contributed by atoms with van der Waals surface area (Å²) in [4.78, 5) is 12.1. The first kappa shape index (κ1) is 11.5. The van der Waals surface area contributed by atoms with E-state index in [2.05, 4.69) is 6.92 Å². The van der Waals surface area contributed by atoms with Crippen molar-refractivity contribution in [3.8, 4) is 0 Å². The molecular formula is C14H22O3. The number of epoxide rings is 1. The summed E-state index contributed by atoms with van der Waals surface area (Å²) in [6.45, 7) is 2.16. The summed E-state index contributed by atoms with van der Waals surface area (Å²) in [5.74, 6) is 0.621. The SMILES string of the molecule is CC1C(OC(=O)C2CCCCC2)CCC2OC21. The molecule has 3 aliphatic rings. The Morgan fingerprint density at radius 2 is 1.88 bits per heavy atom. The molecule has 0 aromatic carbocycles. The second-order valence-electron chi connectivity index (χ2n) is 5.89. The van der Waals surface area contributed by atoms with Gasteiger partial charge in [0.2, 0.25) is 0 Å². The average Bonchev–Trinajstić information content (AvgIpc) is 3.14. The lowest BCUT2D eigenvalue weighted by Gasteiger charge is -2.28. The predicted octanol–water partition coefficient (Wildman–Crippen LogP) is 2.68. The third-order valence-corrected chi connectivity index (χ3v) is 4.67. The molecule has 0 amide bonds. The number of fused-ring (bicyclic) bond motifs is 1. The molecule has 2 aliphatic carbocycles. The molecule has 96 valence electrons. The summed E-state index contributed by atoms with van der Waals surface area (Å²) in [6.07, 6.45) is 8.71. The number of ether oxygens (including phenoxy) is 2. The molecule has 1 heterocycles. The lowest BCUT2D eigenvalue weighted by molar-refractivity contribution is -0.159. The van der Waals surface area contributed by atoms with Crippen LogP contribution in [0.25, 0.3) is 0 Å². The Labute approximate surface area is 103 Å². The van der Waals surface area contributed by atoms with Crippen LogP contribution < -0.4 is 0 Å². The normalized spacial score (nSPS) is 41.7. The van der Waals surface area contributed by atoms with Gasteiger partial charge < -0.3 is 9.47 Å². The number of carbonyl (C=O) groups excluding carboxylic acids is 1. The van der Waals surface area contributed by atoms with E-state index in [0.717, 1.165) is 25.7 Å². The van der Waals surface area contributed by atoms with Gasteiger partial charge >= 0.3 is 5.97 Å². The number of carbonyl (C=O) groups is 1. The molecule has 17 heavy (non-hydrogen) atoms. The fourth-order valence-corrected chi connectivity index (χ4v) is 3.40. The highest BCUT2D eigenvalue weighted by Gasteiger charge is 2.50. The van der Waals surface area contributed by atoms with E-state index in [1.165, 1.54) is 19.3 Å². The highest BCUT2D eigenvalue weighted by atomic mass is 16.6. The van der Waals surface area contributed by atoms with Crippen LogP contribution in [0.4, 0.5) is 0 Å². The van der Waals surface area contributed by atoms with Crippen molar-refractivity contribution in [2.75, 3.05) is 0 Å². The minimum Gasteiger partial charge on any atom is -0.462 e. The summed E-state index contributed by atoms with van der Waals surface area (Å²) < 4.78 is 11.3. The zero-order chi connectivity index (χ0) is 11.8. The molecule has 0 spiro atoms. The van der Waals surface area contributed by atoms with Crippen LogP contribution in [0.5, 0.6) is 0 Å². The lowest BCUT2D eigenvalue weighted by Crippen LogP contribution is -2.35. The maximum absolute atomic E-state index is 12.1. The van der Waals surface area contributed by atoms with E-state index < -0.39 is 0 Å². The fourth-order valence-electron chi connectivity index (χ4n) is 3.40. The molecule has 0 bridgehead atoms. The molecule has 4 unspecified atom stereocenters. The summed E-state index contributed by atoms with van der Waals surface area (Å²) in [6, 6.07) is 0. The van der Waals surface area contributed by atoms with Crippen LogP contribution in [0.3, 0.4) is 0 Å². The molecule has 1 saturated heterocycles. The van der Waals surface area contributed by atoms with Gasteiger partial charge in [0.05, 0.1) is 18.1 Å². The number of esters is 1. The smallest absolute Gasteiger partial charge is 0.309 e. The molecule has 0 radical (unpaired) electrons. The molecule has 3 fully saturated rings. The van der Waals surface area contributed by atoms with Gasteiger partial charge in [-0.25, -0.2) is 0 Å².